The molecule has 1 saturated heterocycles. The predicted octanol–water partition coefficient (Wildman–Crippen LogP) is 4.03. The quantitative estimate of drug-likeness (QED) is 0.766. The molecule has 1 amide bonds. The second-order valence-electron chi connectivity index (χ2n) is 5.60. The van der Waals surface area contributed by atoms with E-state index >= 15 is 0 Å². The van der Waals surface area contributed by atoms with Crippen LogP contribution in [0, 0.1) is 0 Å². The second-order valence-corrected chi connectivity index (χ2v) is 5.60. The molecular weight excluding hydrogens is 311 g/mol. The molecule has 23 heavy (non-hydrogen) atoms. The van der Waals surface area contributed by atoms with Crippen molar-refractivity contribution < 1.29 is 27.5 Å². The minimum absolute atomic E-state index is 0.0747. The van der Waals surface area contributed by atoms with Crippen molar-refractivity contribution in [2.75, 3.05) is 6.61 Å². The Morgan fingerprint density at radius 3 is 2.61 bits per heavy atom. The maximum Gasteiger partial charge on any atom is 0.416 e. The van der Waals surface area contributed by atoms with Gasteiger partial charge in [-0.15, -0.1) is 0 Å². The Balaban J connectivity index is 2.39. The molecule has 0 saturated carbocycles. The molecule has 0 aliphatic carbocycles. The Morgan fingerprint density at radius 2 is 2.09 bits per heavy atom. The fourth-order valence-corrected chi connectivity index (χ4v) is 2.48. The van der Waals surface area contributed by atoms with Gasteiger partial charge in [0.1, 0.15) is 6.61 Å². The molecule has 1 aliphatic rings. The van der Waals surface area contributed by atoms with E-state index in [9.17, 15) is 22.8 Å². The number of halogens is 3. The number of nitrogens with zero attached hydrogens (tertiary/aromatic N) is 1. The van der Waals surface area contributed by atoms with Crippen molar-refractivity contribution >= 4 is 11.9 Å². The van der Waals surface area contributed by atoms with Crippen LogP contribution in [0.1, 0.15) is 48.2 Å². The predicted molar refractivity (Wildman–Crippen MR) is 77.0 cm³/mol. The molecule has 0 spiro atoms. The fraction of sp³-hybridized carbons (Fsp3) is 0.500. The van der Waals surface area contributed by atoms with Gasteiger partial charge in [0.05, 0.1) is 18.2 Å². The number of hydrogen-bond acceptors (Lipinski definition) is 3. The Morgan fingerprint density at radius 1 is 1.39 bits per heavy atom. The number of cyclic esters (lactones) is 1. The number of carbonyl (C=O) groups is 2. The Kier molecular flexibility index (Phi) is 4.97. The number of alkyl halides is 3. The third-order valence-corrected chi connectivity index (χ3v) is 3.77. The Bertz CT molecular complexity index is 613. The van der Waals surface area contributed by atoms with Crippen LogP contribution in [0.15, 0.2) is 18.2 Å². The molecule has 2 rings (SSSR count). The van der Waals surface area contributed by atoms with Gasteiger partial charge in [-0.2, -0.15) is 13.2 Å². The SMILES string of the molecule is CCCC(=O)c1ccc(C(F)(F)F)cc1CN1C(=O)OCC1C. The normalized spacial score (nSPS) is 18.2. The van der Waals surface area contributed by atoms with Crippen LogP contribution in [-0.4, -0.2) is 29.4 Å². The molecule has 0 aromatic heterocycles. The number of benzene rings is 1. The zero-order valence-corrected chi connectivity index (χ0v) is 12.9. The number of hydrogen-bond donors (Lipinski definition) is 0. The number of rotatable bonds is 5. The third-order valence-electron chi connectivity index (χ3n) is 3.77. The summed E-state index contributed by atoms with van der Waals surface area (Å²) in [4.78, 5) is 25.2. The van der Waals surface area contributed by atoms with E-state index in [2.05, 4.69) is 0 Å². The third kappa shape index (κ3) is 3.83. The van der Waals surface area contributed by atoms with Gasteiger partial charge in [0.2, 0.25) is 0 Å². The van der Waals surface area contributed by atoms with E-state index in [0.717, 1.165) is 12.1 Å². The molecule has 0 bridgehead atoms. The number of ketones is 1. The fourth-order valence-electron chi connectivity index (χ4n) is 2.48. The van der Waals surface area contributed by atoms with Gasteiger partial charge < -0.3 is 4.74 Å². The highest BCUT2D eigenvalue weighted by atomic mass is 19.4. The number of carbonyl (C=O) groups excluding carboxylic acids is 2. The average molecular weight is 329 g/mol. The number of Topliss-reactive ketones (excluding diaryl/α,β-unsaturated/α-hetero) is 1. The minimum Gasteiger partial charge on any atom is -0.447 e. The van der Waals surface area contributed by atoms with E-state index in [0.29, 0.717) is 6.42 Å². The smallest absolute Gasteiger partial charge is 0.416 e. The van der Waals surface area contributed by atoms with Crippen molar-refractivity contribution in [3.63, 3.8) is 0 Å². The molecule has 1 aromatic rings. The van der Waals surface area contributed by atoms with Crippen molar-refractivity contribution in [1.82, 2.24) is 4.90 Å². The molecule has 1 heterocycles. The van der Waals surface area contributed by atoms with E-state index in [1.807, 2.05) is 6.92 Å². The minimum atomic E-state index is -4.50. The Hall–Kier alpha value is -2.05. The van der Waals surface area contributed by atoms with Crippen molar-refractivity contribution in [2.45, 2.75) is 45.5 Å². The first-order valence-electron chi connectivity index (χ1n) is 7.40. The van der Waals surface area contributed by atoms with Gasteiger partial charge >= 0.3 is 12.3 Å². The zero-order chi connectivity index (χ0) is 17.2. The molecule has 0 N–H and O–H groups in total. The van der Waals surface area contributed by atoms with Gasteiger partial charge in [-0.3, -0.25) is 9.69 Å². The van der Waals surface area contributed by atoms with Gasteiger partial charge in [0, 0.05) is 12.0 Å². The van der Waals surface area contributed by atoms with Crippen LogP contribution in [0.25, 0.3) is 0 Å². The molecule has 1 aromatic carbocycles. The van der Waals surface area contributed by atoms with E-state index in [-0.39, 0.29) is 42.5 Å². The summed E-state index contributed by atoms with van der Waals surface area (Å²) in [7, 11) is 0. The van der Waals surface area contributed by atoms with Crippen LogP contribution in [0.3, 0.4) is 0 Å². The molecular formula is C16H18F3NO3. The lowest BCUT2D eigenvalue weighted by Crippen LogP contribution is -2.31. The van der Waals surface area contributed by atoms with E-state index in [1.165, 1.54) is 11.0 Å². The van der Waals surface area contributed by atoms with E-state index in [4.69, 9.17) is 4.74 Å². The summed E-state index contributed by atoms with van der Waals surface area (Å²) in [5.74, 6) is -0.226. The molecule has 126 valence electrons. The number of ether oxygens (including phenoxy) is 1. The second kappa shape index (κ2) is 6.60. The lowest BCUT2D eigenvalue weighted by molar-refractivity contribution is -0.137. The van der Waals surface area contributed by atoms with Gasteiger partial charge in [0.15, 0.2) is 5.78 Å². The summed E-state index contributed by atoms with van der Waals surface area (Å²) >= 11 is 0. The van der Waals surface area contributed by atoms with Crippen LogP contribution < -0.4 is 0 Å². The lowest BCUT2D eigenvalue weighted by Gasteiger charge is -2.20. The summed E-state index contributed by atoms with van der Waals surface area (Å²) in [5, 5.41) is 0. The van der Waals surface area contributed by atoms with Crippen molar-refractivity contribution in [3.05, 3.63) is 34.9 Å². The number of amides is 1. The maximum atomic E-state index is 12.9. The monoisotopic (exact) mass is 329 g/mol. The summed E-state index contributed by atoms with van der Waals surface area (Å²) in [5.41, 5.74) is -0.406. The van der Waals surface area contributed by atoms with Crippen LogP contribution in [-0.2, 0) is 17.5 Å². The first-order chi connectivity index (χ1) is 10.7. The zero-order valence-electron chi connectivity index (χ0n) is 12.9. The molecule has 1 unspecified atom stereocenters. The van der Waals surface area contributed by atoms with Gasteiger partial charge in [-0.05, 0) is 31.0 Å². The Labute approximate surface area is 132 Å². The summed E-state index contributed by atoms with van der Waals surface area (Å²) in [6.45, 7) is 3.68. The van der Waals surface area contributed by atoms with E-state index < -0.39 is 17.8 Å². The topological polar surface area (TPSA) is 46.6 Å². The average Bonchev–Trinajstić information content (AvgIpc) is 2.78. The van der Waals surface area contributed by atoms with Gasteiger partial charge in [0.25, 0.3) is 0 Å². The summed E-state index contributed by atoms with van der Waals surface area (Å²) < 4.78 is 43.7. The first kappa shape index (κ1) is 17.3. The first-order valence-corrected chi connectivity index (χ1v) is 7.40. The van der Waals surface area contributed by atoms with Crippen molar-refractivity contribution in [1.29, 1.82) is 0 Å². The van der Waals surface area contributed by atoms with Crippen LogP contribution in [0.5, 0.6) is 0 Å². The molecule has 0 radical (unpaired) electrons. The molecule has 1 aliphatic heterocycles. The highest BCUT2D eigenvalue weighted by Gasteiger charge is 2.34. The molecule has 1 fully saturated rings. The highest BCUT2D eigenvalue weighted by Crippen LogP contribution is 2.32. The van der Waals surface area contributed by atoms with Crippen LogP contribution in [0.2, 0.25) is 0 Å². The molecule has 7 heteroatoms. The molecule has 1 atom stereocenters. The van der Waals surface area contributed by atoms with Crippen molar-refractivity contribution in [2.24, 2.45) is 0 Å². The lowest BCUT2D eigenvalue weighted by atomic mass is 9.97. The van der Waals surface area contributed by atoms with Crippen LogP contribution >= 0.6 is 0 Å². The van der Waals surface area contributed by atoms with Gasteiger partial charge in [-0.1, -0.05) is 13.0 Å². The largest absolute Gasteiger partial charge is 0.447 e. The highest BCUT2D eigenvalue weighted by molar-refractivity contribution is 5.97. The summed E-state index contributed by atoms with van der Waals surface area (Å²) in [6.07, 6.45) is -4.23. The standard InChI is InChI=1S/C16H18F3NO3/c1-3-4-14(21)13-6-5-12(16(17,18)19)7-11(13)8-20-10(2)9-23-15(20)22/h5-7,10H,3-4,8-9H2,1-2H3. The van der Waals surface area contributed by atoms with Crippen LogP contribution in [0.4, 0.5) is 18.0 Å². The summed E-state index contributed by atoms with van der Waals surface area (Å²) in [6, 6.07) is 2.80. The van der Waals surface area contributed by atoms with E-state index in [1.54, 1.807) is 6.92 Å². The molecule has 4 nitrogen and oxygen atoms in total. The van der Waals surface area contributed by atoms with Crippen molar-refractivity contribution in [3.8, 4) is 0 Å². The van der Waals surface area contributed by atoms with Gasteiger partial charge in [-0.25, -0.2) is 4.79 Å². The maximum absolute atomic E-state index is 12.9.